The zero-order chi connectivity index (χ0) is 12.4. The lowest BCUT2D eigenvalue weighted by molar-refractivity contribution is 0.381. The molecule has 0 aromatic heterocycles. The van der Waals surface area contributed by atoms with Crippen LogP contribution in [0.1, 0.15) is 42.4 Å². The molecule has 1 saturated heterocycles. The van der Waals surface area contributed by atoms with Crippen molar-refractivity contribution in [1.82, 2.24) is 5.32 Å². The van der Waals surface area contributed by atoms with Gasteiger partial charge in [-0.1, -0.05) is 12.5 Å². The van der Waals surface area contributed by atoms with Crippen LogP contribution < -0.4 is 10.1 Å². The molecule has 1 unspecified atom stereocenters. The molecule has 1 heterocycles. The van der Waals surface area contributed by atoms with Gasteiger partial charge in [0.25, 0.3) is 0 Å². The van der Waals surface area contributed by atoms with Crippen LogP contribution in [0.2, 0.25) is 0 Å². The van der Waals surface area contributed by atoms with Gasteiger partial charge in [0.15, 0.2) is 0 Å². The number of aryl methyl sites for hydroxylation is 2. The molecule has 1 aromatic rings. The fourth-order valence-electron chi connectivity index (χ4n) is 3.37. The fraction of sp³-hybridized carbons (Fsp3) is 0.625. The van der Waals surface area contributed by atoms with E-state index in [9.17, 15) is 0 Å². The first-order chi connectivity index (χ1) is 8.86. The lowest BCUT2D eigenvalue weighted by Crippen LogP contribution is -2.35. The Morgan fingerprint density at radius 3 is 2.72 bits per heavy atom. The minimum absolute atomic E-state index is 0.645. The quantitative estimate of drug-likeness (QED) is 0.884. The molecule has 1 N–H and O–H groups in total. The van der Waals surface area contributed by atoms with Gasteiger partial charge in [0.05, 0.1) is 7.11 Å². The highest BCUT2D eigenvalue weighted by Crippen LogP contribution is 2.31. The van der Waals surface area contributed by atoms with E-state index in [4.69, 9.17) is 4.74 Å². The summed E-state index contributed by atoms with van der Waals surface area (Å²) in [5.74, 6) is 1.10. The van der Waals surface area contributed by atoms with Gasteiger partial charge in [-0.15, -0.1) is 0 Å². The van der Waals surface area contributed by atoms with Crippen LogP contribution in [-0.4, -0.2) is 19.7 Å². The van der Waals surface area contributed by atoms with E-state index in [0.29, 0.717) is 6.04 Å². The molecule has 1 aliphatic carbocycles. The van der Waals surface area contributed by atoms with Gasteiger partial charge in [-0.3, -0.25) is 0 Å². The van der Waals surface area contributed by atoms with E-state index >= 15 is 0 Å². The summed E-state index contributed by atoms with van der Waals surface area (Å²) in [5, 5.41) is 3.63. The number of piperidine rings is 1. The number of nitrogens with one attached hydrogen (secondary N) is 1. The maximum atomic E-state index is 5.58. The second-order valence-electron chi connectivity index (χ2n) is 5.64. The Kier molecular flexibility index (Phi) is 3.55. The van der Waals surface area contributed by atoms with Gasteiger partial charge in [0.1, 0.15) is 5.75 Å². The molecule has 3 rings (SSSR count). The van der Waals surface area contributed by atoms with Crippen LogP contribution in [0.15, 0.2) is 12.1 Å². The molecule has 0 radical (unpaired) electrons. The molecule has 0 bridgehead atoms. The molecule has 1 atom stereocenters. The normalized spacial score (nSPS) is 22.8. The van der Waals surface area contributed by atoms with E-state index in [1.165, 1.54) is 56.2 Å². The average molecular weight is 245 g/mol. The number of ether oxygens (including phenoxy) is 1. The number of benzene rings is 1. The molecule has 1 fully saturated rings. The van der Waals surface area contributed by atoms with E-state index in [2.05, 4.69) is 17.4 Å². The van der Waals surface area contributed by atoms with Crippen molar-refractivity contribution in [2.24, 2.45) is 0 Å². The first-order valence-electron chi connectivity index (χ1n) is 7.29. The van der Waals surface area contributed by atoms with Crippen molar-refractivity contribution in [3.8, 4) is 5.75 Å². The minimum Gasteiger partial charge on any atom is -0.496 e. The van der Waals surface area contributed by atoms with Crippen molar-refractivity contribution in [1.29, 1.82) is 0 Å². The largest absolute Gasteiger partial charge is 0.496 e. The van der Waals surface area contributed by atoms with Crippen LogP contribution in [0.25, 0.3) is 0 Å². The first-order valence-corrected chi connectivity index (χ1v) is 7.29. The number of hydrogen-bond donors (Lipinski definition) is 1. The molecule has 2 nitrogen and oxygen atoms in total. The molecule has 0 amide bonds. The Labute approximate surface area is 110 Å². The van der Waals surface area contributed by atoms with Crippen molar-refractivity contribution in [3.63, 3.8) is 0 Å². The van der Waals surface area contributed by atoms with Gasteiger partial charge in [0, 0.05) is 6.04 Å². The van der Waals surface area contributed by atoms with Crippen LogP contribution in [0.5, 0.6) is 5.75 Å². The molecule has 2 aliphatic rings. The Hall–Kier alpha value is -1.02. The summed E-state index contributed by atoms with van der Waals surface area (Å²) in [5.41, 5.74) is 4.46. The van der Waals surface area contributed by atoms with Gasteiger partial charge >= 0.3 is 0 Å². The van der Waals surface area contributed by atoms with E-state index in [1.807, 2.05) is 0 Å². The summed E-state index contributed by atoms with van der Waals surface area (Å²) in [6, 6.07) is 5.32. The van der Waals surface area contributed by atoms with Gasteiger partial charge in [-0.05, 0) is 67.8 Å². The first kappa shape index (κ1) is 12.0. The number of rotatable bonds is 3. The third kappa shape index (κ3) is 2.39. The lowest BCUT2D eigenvalue weighted by Gasteiger charge is -2.24. The zero-order valence-electron chi connectivity index (χ0n) is 11.3. The summed E-state index contributed by atoms with van der Waals surface area (Å²) in [6.07, 6.45) is 8.92. The number of hydrogen-bond acceptors (Lipinski definition) is 2. The molecule has 0 spiro atoms. The maximum Gasteiger partial charge on any atom is 0.122 e. The van der Waals surface area contributed by atoms with Crippen molar-refractivity contribution >= 4 is 0 Å². The van der Waals surface area contributed by atoms with Gasteiger partial charge < -0.3 is 10.1 Å². The van der Waals surface area contributed by atoms with Crippen LogP contribution in [0.3, 0.4) is 0 Å². The fourth-order valence-corrected chi connectivity index (χ4v) is 3.37. The second-order valence-corrected chi connectivity index (χ2v) is 5.64. The van der Waals surface area contributed by atoms with Gasteiger partial charge in [0.2, 0.25) is 0 Å². The van der Waals surface area contributed by atoms with E-state index in [0.717, 1.165) is 12.2 Å². The average Bonchev–Trinajstić information content (AvgIpc) is 2.86. The monoisotopic (exact) mass is 245 g/mol. The van der Waals surface area contributed by atoms with E-state index in [1.54, 1.807) is 12.7 Å². The van der Waals surface area contributed by atoms with Gasteiger partial charge in [-0.2, -0.15) is 0 Å². The van der Waals surface area contributed by atoms with Crippen molar-refractivity contribution in [3.05, 3.63) is 28.8 Å². The lowest BCUT2D eigenvalue weighted by atomic mass is 9.95. The molecular formula is C16H23NO. The Bertz CT molecular complexity index is 421. The molecule has 2 heteroatoms. The summed E-state index contributed by atoms with van der Waals surface area (Å²) < 4.78 is 5.58. The van der Waals surface area contributed by atoms with Crippen LogP contribution in [0, 0.1) is 0 Å². The Morgan fingerprint density at radius 1 is 1.17 bits per heavy atom. The standard InChI is InChI=1S/C16H23NO/c1-18-16-11-13-6-4-5-12(13)9-14(16)10-15-7-2-3-8-17-15/h9,11,15,17H,2-8,10H2,1H3. The topological polar surface area (TPSA) is 21.3 Å². The Morgan fingerprint density at radius 2 is 2.00 bits per heavy atom. The van der Waals surface area contributed by atoms with E-state index < -0.39 is 0 Å². The SMILES string of the molecule is COc1cc2c(cc1CC1CCCCN1)CCC2. The van der Waals surface area contributed by atoms with Crippen molar-refractivity contribution < 1.29 is 4.74 Å². The third-order valence-electron chi connectivity index (χ3n) is 4.37. The molecule has 98 valence electrons. The zero-order valence-corrected chi connectivity index (χ0v) is 11.3. The van der Waals surface area contributed by atoms with E-state index in [-0.39, 0.29) is 0 Å². The van der Waals surface area contributed by atoms with Crippen LogP contribution in [0.4, 0.5) is 0 Å². The summed E-state index contributed by atoms with van der Waals surface area (Å²) in [7, 11) is 1.80. The maximum absolute atomic E-state index is 5.58. The van der Waals surface area contributed by atoms with Crippen LogP contribution in [-0.2, 0) is 19.3 Å². The smallest absolute Gasteiger partial charge is 0.122 e. The summed E-state index contributed by atoms with van der Waals surface area (Å²) in [6.45, 7) is 1.18. The molecule has 1 aromatic carbocycles. The minimum atomic E-state index is 0.645. The Balaban J connectivity index is 1.81. The predicted octanol–water partition coefficient (Wildman–Crippen LogP) is 2.87. The molecule has 18 heavy (non-hydrogen) atoms. The second kappa shape index (κ2) is 5.31. The molecule has 1 aliphatic heterocycles. The van der Waals surface area contributed by atoms with Gasteiger partial charge in [-0.25, -0.2) is 0 Å². The third-order valence-corrected chi connectivity index (χ3v) is 4.37. The molecule has 0 saturated carbocycles. The summed E-state index contributed by atoms with van der Waals surface area (Å²) in [4.78, 5) is 0. The highest BCUT2D eigenvalue weighted by Gasteiger charge is 2.19. The number of methoxy groups -OCH3 is 1. The highest BCUT2D eigenvalue weighted by atomic mass is 16.5. The molecular weight excluding hydrogens is 222 g/mol. The predicted molar refractivity (Wildman–Crippen MR) is 74.4 cm³/mol. The van der Waals surface area contributed by atoms with Crippen molar-refractivity contribution in [2.75, 3.05) is 13.7 Å². The van der Waals surface area contributed by atoms with Crippen molar-refractivity contribution in [2.45, 2.75) is 51.0 Å². The summed E-state index contributed by atoms with van der Waals surface area (Å²) >= 11 is 0. The highest BCUT2D eigenvalue weighted by molar-refractivity contribution is 5.45. The van der Waals surface area contributed by atoms with Crippen LogP contribution >= 0.6 is 0 Å². The number of fused-ring (bicyclic) bond motifs is 1.